The van der Waals surface area contributed by atoms with E-state index in [1.54, 1.807) is 0 Å². The summed E-state index contributed by atoms with van der Waals surface area (Å²) in [5.74, 6) is -0.172. The lowest BCUT2D eigenvalue weighted by Gasteiger charge is -2.28. The van der Waals surface area contributed by atoms with Crippen molar-refractivity contribution in [1.82, 2.24) is 0 Å². The molecular weight excluding hydrogens is 375 g/mol. The maximum absolute atomic E-state index is 10.9. The first-order chi connectivity index (χ1) is 12.9. The Morgan fingerprint density at radius 1 is 0.556 bits per heavy atom. The second-order valence-corrected chi connectivity index (χ2v) is 14.4. The molecule has 0 bridgehead atoms. The Morgan fingerprint density at radius 3 is 1.19 bits per heavy atom. The molecule has 0 saturated heterocycles. The molecule has 0 aromatic carbocycles. The van der Waals surface area contributed by atoms with Crippen molar-refractivity contribution in [2.24, 2.45) is 0 Å². The predicted octanol–water partition coefficient (Wildman–Crippen LogP) is 7.07. The first-order valence-corrected chi connectivity index (χ1v) is 15.8. The molecule has 0 aliphatic carbocycles. The van der Waals surface area contributed by atoms with Gasteiger partial charge in [0.05, 0.1) is 34.8 Å². The highest BCUT2D eigenvalue weighted by Crippen LogP contribution is 2.61. The van der Waals surface area contributed by atoms with Crippen LogP contribution in [0.3, 0.4) is 0 Å². The van der Waals surface area contributed by atoms with Gasteiger partial charge >= 0.3 is 0 Å². The van der Waals surface area contributed by atoms with E-state index in [1.807, 2.05) is 0 Å². The Hall–Kier alpha value is 0.340. The van der Waals surface area contributed by atoms with E-state index < -0.39 is 17.4 Å². The van der Waals surface area contributed by atoms with Crippen LogP contribution in [0, 0.1) is 0 Å². The standard InChI is InChI=1S/C22H47O3PS/c1-4-7-10-13-18-26(19-14-11-8-5-2,20-15-12-9-6-3)21-16-17-22-27(23,24)25/h4-22H2,1-3H3. The topological polar surface area (TPSA) is 57.2 Å². The van der Waals surface area contributed by atoms with E-state index in [1.165, 1.54) is 102 Å². The monoisotopic (exact) mass is 422 g/mol. The van der Waals surface area contributed by atoms with E-state index in [0.29, 0.717) is 6.42 Å². The highest BCUT2D eigenvalue weighted by Gasteiger charge is 2.34. The van der Waals surface area contributed by atoms with E-state index in [2.05, 4.69) is 20.8 Å². The molecule has 0 unspecified atom stereocenters. The van der Waals surface area contributed by atoms with Crippen LogP contribution in [0.1, 0.15) is 111 Å². The second kappa shape index (κ2) is 17.2. The van der Waals surface area contributed by atoms with Crippen LogP contribution >= 0.6 is 7.26 Å². The van der Waals surface area contributed by atoms with Crippen molar-refractivity contribution in [3.63, 3.8) is 0 Å². The summed E-state index contributed by atoms with van der Waals surface area (Å²) < 4.78 is 32.8. The van der Waals surface area contributed by atoms with Gasteiger partial charge in [-0.3, -0.25) is 0 Å². The molecule has 3 nitrogen and oxygen atoms in total. The zero-order valence-corrected chi connectivity index (χ0v) is 20.2. The average Bonchev–Trinajstić information content (AvgIpc) is 2.62. The summed E-state index contributed by atoms with van der Waals surface area (Å²) in [6, 6.07) is 0. The fraction of sp³-hybridized carbons (Fsp3) is 1.00. The maximum Gasteiger partial charge on any atom is 0.0945 e. The molecule has 0 radical (unpaired) electrons. The minimum absolute atomic E-state index is 0.172. The molecule has 0 N–H and O–H groups in total. The molecule has 0 fully saturated rings. The van der Waals surface area contributed by atoms with E-state index >= 15 is 0 Å². The molecule has 164 valence electrons. The molecule has 0 saturated carbocycles. The normalized spacial score (nSPS) is 12.6. The van der Waals surface area contributed by atoms with Crippen molar-refractivity contribution in [2.75, 3.05) is 30.4 Å². The zero-order valence-electron chi connectivity index (χ0n) is 18.5. The highest BCUT2D eigenvalue weighted by atomic mass is 32.2. The van der Waals surface area contributed by atoms with Gasteiger partial charge in [0.15, 0.2) is 0 Å². The number of rotatable bonds is 20. The lowest BCUT2D eigenvalue weighted by atomic mass is 10.2. The summed E-state index contributed by atoms with van der Waals surface area (Å²) in [6.45, 7) is 6.80. The molecule has 0 amide bonds. The summed E-state index contributed by atoms with van der Waals surface area (Å²) in [5.41, 5.74) is 0. The minimum Gasteiger partial charge on any atom is -0.748 e. The molecule has 0 atom stereocenters. The summed E-state index contributed by atoms with van der Waals surface area (Å²) in [5, 5.41) is 0. The van der Waals surface area contributed by atoms with Gasteiger partial charge in [-0.1, -0.05) is 59.3 Å². The highest BCUT2D eigenvalue weighted by molar-refractivity contribution is 7.85. The maximum atomic E-state index is 10.9. The number of hydrogen-bond donors (Lipinski definition) is 0. The zero-order chi connectivity index (χ0) is 20.4. The minimum atomic E-state index is -4.05. The molecule has 5 heteroatoms. The lowest BCUT2D eigenvalue weighted by Crippen LogP contribution is -2.14. The van der Waals surface area contributed by atoms with Crippen LogP contribution in [0.5, 0.6) is 0 Å². The summed E-state index contributed by atoms with van der Waals surface area (Å²) in [7, 11) is -5.05. The second-order valence-electron chi connectivity index (χ2n) is 8.39. The van der Waals surface area contributed by atoms with E-state index in [4.69, 9.17) is 0 Å². The third-order valence-electron chi connectivity index (χ3n) is 5.73. The van der Waals surface area contributed by atoms with Crippen molar-refractivity contribution in [1.29, 1.82) is 0 Å². The van der Waals surface area contributed by atoms with Gasteiger partial charge in [0, 0.05) is 13.0 Å². The summed E-state index contributed by atoms with van der Waals surface area (Å²) in [6.07, 6.45) is 22.8. The van der Waals surface area contributed by atoms with Gasteiger partial charge in [-0.05, 0) is 51.4 Å². The Bertz CT molecular complexity index is 392. The van der Waals surface area contributed by atoms with E-state index in [0.717, 1.165) is 6.42 Å². The molecule has 27 heavy (non-hydrogen) atoms. The molecule has 0 aromatic rings. The Kier molecular flexibility index (Phi) is 17.4. The van der Waals surface area contributed by atoms with E-state index in [-0.39, 0.29) is 5.75 Å². The van der Waals surface area contributed by atoms with Gasteiger partial charge in [0.25, 0.3) is 0 Å². The van der Waals surface area contributed by atoms with E-state index in [9.17, 15) is 13.0 Å². The van der Waals surface area contributed by atoms with Gasteiger partial charge in [0.1, 0.15) is 0 Å². The van der Waals surface area contributed by atoms with Gasteiger partial charge in [-0.25, -0.2) is 8.42 Å². The molecular formula is C22H47O3PS. The van der Waals surface area contributed by atoms with Crippen LogP contribution in [-0.2, 0) is 10.1 Å². The van der Waals surface area contributed by atoms with Crippen LogP contribution in [0.15, 0.2) is 0 Å². The molecule has 0 aromatic heterocycles. The van der Waals surface area contributed by atoms with Crippen LogP contribution in [0.25, 0.3) is 0 Å². The SMILES string of the molecule is CCCCCC[P+](CCCCCC)(CCCCCC)CCCCS(=O)(=O)[O-]. The Morgan fingerprint density at radius 2 is 0.889 bits per heavy atom. The van der Waals surface area contributed by atoms with Crippen LogP contribution in [-0.4, -0.2) is 43.4 Å². The quantitative estimate of drug-likeness (QED) is 0.120. The summed E-state index contributed by atoms with van der Waals surface area (Å²) in [4.78, 5) is 0. The predicted molar refractivity (Wildman–Crippen MR) is 123 cm³/mol. The van der Waals surface area contributed by atoms with Crippen LogP contribution in [0.2, 0.25) is 0 Å². The summed E-state index contributed by atoms with van der Waals surface area (Å²) >= 11 is 0. The van der Waals surface area contributed by atoms with Crippen molar-refractivity contribution in [2.45, 2.75) is 111 Å². The molecule has 0 aliphatic rings. The number of unbranched alkanes of at least 4 members (excludes halogenated alkanes) is 10. The van der Waals surface area contributed by atoms with Gasteiger partial charge in [0.2, 0.25) is 0 Å². The fourth-order valence-corrected chi connectivity index (χ4v) is 9.50. The smallest absolute Gasteiger partial charge is 0.0945 e. The largest absolute Gasteiger partial charge is 0.748 e. The average molecular weight is 423 g/mol. The Balaban J connectivity index is 4.80. The Labute approximate surface area is 171 Å². The van der Waals surface area contributed by atoms with Gasteiger partial charge in [-0.2, -0.15) is 0 Å². The first-order valence-electron chi connectivity index (χ1n) is 11.7. The fourth-order valence-electron chi connectivity index (χ4n) is 4.02. The van der Waals surface area contributed by atoms with Gasteiger partial charge in [-0.15, -0.1) is 0 Å². The van der Waals surface area contributed by atoms with Crippen molar-refractivity contribution < 1.29 is 13.0 Å². The van der Waals surface area contributed by atoms with Crippen molar-refractivity contribution >= 4 is 17.4 Å². The third-order valence-corrected chi connectivity index (χ3v) is 11.6. The van der Waals surface area contributed by atoms with Crippen molar-refractivity contribution in [3.8, 4) is 0 Å². The number of hydrogen-bond acceptors (Lipinski definition) is 3. The van der Waals surface area contributed by atoms with Crippen LogP contribution in [0.4, 0.5) is 0 Å². The molecule has 0 aliphatic heterocycles. The molecule has 0 rings (SSSR count). The van der Waals surface area contributed by atoms with Crippen molar-refractivity contribution in [3.05, 3.63) is 0 Å². The lowest BCUT2D eigenvalue weighted by molar-refractivity contribution is 0.461. The van der Waals surface area contributed by atoms with Crippen LogP contribution < -0.4 is 0 Å². The first kappa shape index (κ1) is 27.3. The molecule has 0 spiro atoms. The third kappa shape index (κ3) is 17.0. The van der Waals surface area contributed by atoms with Gasteiger partial charge < -0.3 is 4.55 Å². The molecule has 0 heterocycles.